The summed E-state index contributed by atoms with van der Waals surface area (Å²) in [6.07, 6.45) is 3.66. The number of hydrogen-bond donors (Lipinski definition) is 1. The number of benzene rings is 1. The first-order valence-electron chi connectivity index (χ1n) is 7.84. The van der Waals surface area contributed by atoms with Crippen LogP contribution in [0.5, 0.6) is 0 Å². The van der Waals surface area contributed by atoms with Crippen LogP contribution in [0.3, 0.4) is 0 Å². The number of anilines is 1. The van der Waals surface area contributed by atoms with Gasteiger partial charge in [0.2, 0.25) is 5.82 Å². The third-order valence-corrected chi connectivity index (χ3v) is 4.08. The Morgan fingerprint density at radius 2 is 2.09 bits per heavy atom. The molecule has 1 aliphatic rings. The summed E-state index contributed by atoms with van der Waals surface area (Å²) in [5.41, 5.74) is 1.32. The Morgan fingerprint density at radius 3 is 2.87 bits per heavy atom. The van der Waals surface area contributed by atoms with Gasteiger partial charge < -0.3 is 5.32 Å². The third kappa shape index (κ3) is 4.04. The zero-order valence-electron chi connectivity index (χ0n) is 12.9. The molecular formula is C17H20N4O2. The van der Waals surface area contributed by atoms with E-state index in [0.29, 0.717) is 5.82 Å². The van der Waals surface area contributed by atoms with Crippen LogP contribution in [0.15, 0.2) is 48.7 Å². The van der Waals surface area contributed by atoms with E-state index in [-0.39, 0.29) is 16.7 Å². The van der Waals surface area contributed by atoms with Gasteiger partial charge in [0.1, 0.15) is 0 Å². The molecule has 1 saturated heterocycles. The van der Waals surface area contributed by atoms with Crippen molar-refractivity contribution in [2.45, 2.75) is 25.4 Å². The lowest BCUT2D eigenvalue weighted by Gasteiger charge is -2.33. The van der Waals surface area contributed by atoms with Crippen molar-refractivity contribution in [3.8, 4) is 0 Å². The molecule has 0 saturated carbocycles. The molecular weight excluding hydrogens is 292 g/mol. The normalized spacial score (nSPS) is 18.5. The highest BCUT2D eigenvalue weighted by atomic mass is 16.6. The van der Waals surface area contributed by atoms with Crippen molar-refractivity contribution in [3.63, 3.8) is 0 Å². The zero-order chi connectivity index (χ0) is 16.1. The molecule has 1 atom stereocenters. The van der Waals surface area contributed by atoms with Gasteiger partial charge in [-0.25, -0.2) is 4.98 Å². The summed E-state index contributed by atoms with van der Waals surface area (Å²) in [4.78, 5) is 17.2. The van der Waals surface area contributed by atoms with Crippen molar-refractivity contribution in [2.24, 2.45) is 0 Å². The molecule has 1 fully saturated rings. The van der Waals surface area contributed by atoms with E-state index in [4.69, 9.17) is 0 Å². The molecule has 0 spiro atoms. The van der Waals surface area contributed by atoms with Crippen molar-refractivity contribution >= 4 is 11.5 Å². The second-order valence-corrected chi connectivity index (χ2v) is 5.83. The first-order valence-corrected chi connectivity index (χ1v) is 7.84. The van der Waals surface area contributed by atoms with Crippen LogP contribution in [0.4, 0.5) is 11.5 Å². The smallest absolute Gasteiger partial charge is 0.311 e. The molecule has 23 heavy (non-hydrogen) atoms. The lowest BCUT2D eigenvalue weighted by molar-refractivity contribution is -0.384. The van der Waals surface area contributed by atoms with Crippen LogP contribution in [0, 0.1) is 10.1 Å². The lowest BCUT2D eigenvalue weighted by Crippen LogP contribution is -2.41. The summed E-state index contributed by atoms with van der Waals surface area (Å²) >= 11 is 0. The van der Waals surface area contributed by atoms with Gasteiger partial charge in [-0.3, -0.25) is 15.0 Å². The molecule has 3 rings (SSSR count). The van der Waals surface area contributed by atoms with Gasteiger partial charge in [0, 0.05) is 31.4 Å². The van der Waals surface area contributed by atoms with Crippen LogP contribution in [-0.4, -0.2) is 33.9 Å². The Morgan fingerprint density at radius 1 is 1.26 bits per heavy atom. The van der Waals surface area contributed by atoms with E-state index < -0.39 is 0 Å². The number of aromatic nitrogens is 1. The fourth-order valence-corrected chi connectivity index (χ4v) is 3.01. The number of nitrogens with one attached hydrogen (secondary N) is 1. The molecule has 1 aromatic carbocycles. The maximum atomic E-state index is 11.1. The summed E-state index contributed by atoms with van der Waals surface area (Å²) < 4.78 is 0. The monoisotopic (exact) mass is 312 g/mol. The maximum absolute atomic E-state index is 11.1. The molecule has 0 unspecified atom stereocenters. The lowest BCUT2D eigenvalue weighted by atomic mass is 10.0. The molecule has 0 aliphatic carbocycles. The van der Waals surface area contributed by atoms with Gasteiger partial charge in [0.05, 0.1) is 4.92 Å². The Bertz CT molecular complexity index is 663. The van der Waals surface area contributed by atoms with E-state index in [2.05, 4.69) is 27.3 Å². The SMILES string of the molecule is O=[N+]([O-])c1cccnc1N[C@H]1CCCN(Cc2ccccc2)C1. The van der Waals surface area contributed by atoms with E-state index >= 15 is 0 Å². The fraction of sp³-hybridized carbons (Fsp3) is 0.353. The number of pyridine rings is 1. The fourth-order valence-electron chi connectivity index (χ4n) is 3.01. The number of likely N-dealkylation sites (tertiary alicyclic amines) is 1. The van der Waals surface area contributed by atoms with Crippen LogP contribution in [0.2, 0.25) is 0 Å². The predicted octanol–water partition coefficient (Wildman–Crippen LogP) is 3.07. The standard InChI is InChI=1S/C17H20N4O2/c22-21(23)16-9-4-10-18-17(16)19-15-8-5-11-20(13-15)12-14-6-2-1-3-7-14/h1-4,6-7,9-10,15H,5,8,11-13H2,(H,18,19)/t15-/m0/s1. The van der Waals surface area contributed by atoms with Crippen LogP contribution in [0.1, 0.15) is 18.4 Å². The van der Waals surface area contributed by atoms with E-state index in [0.717, 1.165) is 32.5 Å². The van der Waals surface area contributed by atoms with Gasteiger partial charge in [-0.2, -0.15) is 0 Å². The highest BCUT2D eigenvalue weighted by Gasteiger charge is 2.23. The average Bonchev–Trinajstić information content (AvgIpc) is 2.56. The second kappa shape index (κ2) is 7.19. The topological polar surface area (TPSA) is 71.3 Å². The predicted molar refractivity (Wildman–Crippen MR) is 89.3 cm³/mol. The summed E-state index contributed by atoms with van der Waals surface area (Å²) in [5.74, 6) is 0.365. The van der Waals surface area contributed by atoms with Gasteiger partial charge >= 0.3 is 5.69 Å². The number of nitro groups is 1. The van der Waals surface area contributed by atoms with Crippen LogP contribution >= 0.6 is 0 Å². The summed E-state index contributed by atoms with van der Waals surface area (Å²) in [6.45, 7) is 2.82. The van der Waals surface area contributed by atoms with Gasteiger partial charge in [0.15, 0.2) is 0 Å². The Labute approximate surface area is 135 Å². The average molecular weight is 312 g/mol. The molecule has 0 amide bonds. The first-order chi connectivity index (χ1) is 11.2. The molecule has 6 nitrogen and oxygen atoms in total. The van der Waals surface area contributed by atoms with Crippen molar-refractivity contribution in [1.29, 1.82) is 0 Å². The van der Waals surface area contributed by atoms with E-state index in [1.165, 1.54) is 11.6 Å². The van der Waals surface area contributed by atoms with Crippen molar-refractivity contribution in [3.05, 3.63) is 64.3 Å². The molecule has 120 valence electrons. The molecule has 1 aromatic heterocycles. The zero-order valence-corrected chi connectivity index (χ0v) is 12.9. The Kier molecular flexibility index (Phi) is 4.83. The quantitative estimate of drug-likeness (QED) is 0.678. The van der Waals surface area contributed by atoms with Crippen LogP contribution < -0.4 is 5.32 Å². The Balaban J connectivity index is 1.64. The van der Waals surface area contributed by atoms with E-state index in [1.807, 2.05) is 18.2 Å². The number of rotatable bonds is 5. The molecule has 2 aromatic rings. The molecule has 1 N–H and O–H groups in total. The first kappa shape index (κ1) is 15.4. The summed E-state index contributed by atoms with van der Waals surface area (Å²) in [7, 11) is 0. The van der Waals surface area contributed by atoms with Gasteiger partial charge in [-0.05, 0) is 31.0 Å². The number of piperidine rings is 1. The third-order valence-electron chi connectivity index (χ3n) is 4.08. The minimum Gasteiger partial charge on any atom is -0.360 e. The minimum atomic E-state index is -0.389. The molecule has 2 heterocycles. The Hall–Kier alpha value is -2.47. The molecule has 0 bridgehead atoms. The minimum absolute atomic E-state index is 0.0349. The highest BCUT2D eigenvalue weighted by Crippen LogP contribution is 2.23. The maximum Gasteiger partial charge on any atom is 0.311 e. The van der Waals surface area contributed by atoms with Crippen molar-refractivity contribution < 1.29 is 4.92 Å². The molecule has 1 aliphatic heterocycles. The molecule has 6 heteroatoms. The van der Waals surface area contributed by atoms with Crippen molar-refractivity contribution in [2.75, 3.05) is 18.4 Å². The van der Waals surface area contributed by atoms with Gasteiger partial charge in [-0.1, -0.05) is 30.3 Å². The van der Waals surface area contributed by atoms with E-state index in [1.54, 1.807) is 12.3 Å². The largest absolute Gasteiger partial charge is 0.360 e. The number of nitrogens with zero attached hydrogens (tertiary/aromatic N) is 3. The second-order valence-electron chi connectivity index (χ2n) is 5.83. The van der Waals surface area contributed by atoms with Crippen molar-refractivity contribution in [1.82, 2.24) is 9.88 Å². The summed E-state index contributed by atoms with van der Waals surface area (Å²) in [6, 6.07) is 13.6. The van der Waals surface area contributed by atoms with Crippen LogP contribution in [-0.2, 0) is 6.54 Å². The van der Waals surface area contributed by atoms with Crippen LogP contribution in [0.25, 0.3) is 0 Å². The molecule has 0 radical (unpaired) electrons. The highest BCUT2D eigenvalue weighted by molar-refractivity contribution is 5.55. The van der Waals surface area contributed by atoms with Gasteiger partial charge in [0.25, 0.3) is 0 Å². The van der Waals surface area contributed by atoms with Gasteiger partial charge in [-0.15, -0.1) is 0 Å². The van der Waals surface area contributed by atoms with E-state index in [9.17, 15) is 10.1 Å². The summed E-state index contributed by atoms with van der Waals surface area (Å²) in [5, 5.41) is 14.3. The number of hydrogen-bond acceptors (Lipinski definition) is 5.